The molecule has 1 aliphatic heterocycles. The zero-order chi connectivity index (χ0) is 15.4. The van der Waals surface area contributed by atoms with Gasteiger partial charge in [-0.3, -0.25) is 9.59 Å². The van der Waals surface area contributed by atoms with Crippen molar-refractivity contribution in [2.24, 2.45) is 0 Å². The van der Waals surface area contributed by atoms with Crippen LogP contribution in [0.1, 0.15) is 17.3 Å². The van der Waals surface area contributed by atoms with E-state index in [1.165, 1.54) is 11.8 Å². The van der Waals surface area contributed by atoms with Gasteiger partial charge in [0.1, 0.15) is 0 Å². The number of piperazine rings is 1. The van der Waals surface area contributed by atoms with Crippen LogP contribution in [-0.4, -0.2) is 54.8 Å². The summed E-state index contributed by atoms with van der Waals surface area (Å²) in [5.74, 6) is -0.404. The van der Waals surface area contributed by atoms with Gasteiger partial charge < -0.3 is 15.1 Å². The summed E-state index contributed by atoms with van der Waals surface area (Å²) in [4.78, 5) is 27.5. The normalized spacial score (nSPS) is 15.6. The Morgan fingerprint density at radius 2 is 1.86 bits per heavy atom. The van der Waals surface area contributed by atoms with Gasteiger partial charge in [-0.05, 0) is 12.1 Å². The Morgan fingerprint density at radius 1 is 1.24 bits per heavy atom. The smallest absolute Gasteiger partial charge is 0.222 e. The van der Waals surface area contributed by atoms with E-state index < -0.39 is 0 Å². The molecule has 6 heteroatoms. The molecule has 1 aliphatic rings. The molecule has 0 aliphatic carbocycles. The van der Waals surface area contributed by atoms with Gasteiger partial charge in [-0.2, -0.15) is 0 Å². The minimum absolute atomic E-state index is 0.200. The summed E-state index contributed by atoms with van der Waals surface area (Å²) in [7, 11) is 2.13. The van der Waals surface area contributed by atoms with E-state index in [-0.39, 0.29) is 11.7 Å². The number of benzene rings is 1. The molecule has 0 saturated carbocycles. The van der Waals surface area contributed by atoms with E-state index in [0.717, 1.165) is 26.2 Å². The van der Waals surface area contributed by atoms with E-state index in [4.69, 9.17) is 12.2 Å². The fourth-order valence-corrected chi connectivity index (χ4v) is 2.62. The summed E-state index contributed by atoms with van der Waals surface area (Å²) in [6, 6.07) is 6.96. The fraction of sp³-hybridized carbons (Fsp3) is 0.400. The van der Waals surface area contributed by atoms with Crippen molar-refractivity contribution in [2.75, 3.05) is 38.5 Å². The molecule has 0 spiro atoms. The van der Waals surface area contributed by atoms with Gasteiger partial charge >= 0.3 is 0 Å². The number of likely N-dealkylation sites (N-methyl/N-ethyl adjacent to an activating group) is 1. The van der Waals surface area contributed by atoms with Crippen LogP contribution in [-0.2, 0) is 4.79 Å². The minimum Gasteiger partial charge on any atom is -0.348 e. The predicted octanol–water partition coefficient (Wildman–Crippen LogP) is -0.0146. The van der Waals surface area contributed by atoms with Gasteiger partial charge in [0.25, 0.3) is 0 Å². The summed E-state index contributed by atoms with van der Waals surface area (Å²) >= 11 is 5.34. The Kier molecular flexibility index (Phi) is 5.03. The molecule has 0 bridgehead atoms. The van der Waals surface area contributed by atoms with Crippen LogP contribution >= 0.6 is 12.2 Å². The van der Waals surface area contributed by atoms with E-state index in [9.17, 15) is 9.59 Å². The predicted molar refractivity (Wildman–Crippen MR) is 85.9 cm³/mol. The number of carbonyl (C=O) groups excluding carboxylic acids is 2. The van der Waals surface area contributed by atoms with Crippen LogP contribution in [0.15, 0.2) is 24.3 Å². The summed E-state index contributed by atoms with van der Waals surface area (Å²) < 4.78 is 0. The number of hydrogen-bond donors (Lipinski definition) is 2. The van der Waals surface area contributed by atoms with Crippen LogP contribution in [0.3, 0.4) is 0 Å². The largest absolute Gasteiger partial charge is 0.348 e. The Labute approximate surface area is 129 Å². The van der Waals surface area contributed by atoms with Crippen molar-refractivity contribution < 1.29 is 14.5 Å². The number of Topliss-reactive ketones (excluding diaryl/α,β-unsaturated/α-hetero) is 1. The Bertz CT molecular complexity index is 566. The quantitative estimate of drug-likeness (QED) is 0.609. The topological polar surface area (TPSA) is 53.9 Å². The van der Waals surface area contributed by atoms with Gasteiger partial charge in [-0.25, -0.2) is 0 Å². The van der Waals surface area contributed by atoms with Gasteiger partial charge in [0.15, 0.2) is 4.99 Å². The highest BCUT2D eigenvalue weighted by atomic mass is 32.1. The van der Waals surface area contributed by atoms with E-state index in [0.29, 0.717) is 16.2 Å². The lowest BCUT2D eigenvalue weighted by Gasteiger charge is -2.31. The minimum atomic E-state index is -0.204. The maximum absolute atomic E-state index is 12.6. The second kappa shape index (κ2) is 6.78. The number of amides is 1. The third-order valence-electron chi connectivity index (χ3n) is 3.58. The number of carbonyl (C=O) groups is 2. The zero-order valence-electron chi connectivity index (χ0n) is 12.3. The first-order valence-electron chi connectivity index (χ1n) is 7.00. The average molecular weight is 306 g/mol. The summed E-state index contributed by atoms with van der Waals surface area (Å²) in [5, 5.41) is 2.68. The molecule has 2 N–H and O–H groups in total. The number of nitrogens with one attached hydrogen (secondary N) is 2. The van der Waals surface area contributed by atoms with Crippen LogP contribution < -0.4 is 10.2 Å². The van der Waals surface area contributed by atoms with Gasteiger partial charge in [0, 0.05) is 12.5 Å². The lowest BCUT2D eigenvalue weighted by atomic mass is 10.1. The van der Waals surface area contributed by atoms with Gasteiger partial charge in [0.05, 0.1) is 38.9 Å². The molecule has 0 radical (unpaired) electrons. The van der Waals surface area contributed by atoms with Crippen molar-refractivity contribution in [3.05, 3.63) is 29.8 Å². The third-order valence-corrected chi connectivity index (χ3v) is 4.02. The number of para-hydroxylation sites is 1. The summed E-state index contributed by atoms with van der Waals surface area (Å²) in [6.07, 6.45) is 0. The SMILES string of the molecule is CC(=O)Nc1ccccc1C(=O)C(=S)N1CC[NH+](C)CC1. The zero-order valence-corrected chi connectivity index (χ0v) is 13.1. The number of anilines is 1. The molecule has 1 saturated heterocycles. The van der Waals surface area contributed by atoms with Gasteiger partial charge in [-0.15, -0.1) is 0 Å². The van der Waals surface area contributed by atoms with Crippen molar-refractivity contribution in [3.63, 3.8) is 0 Å². The molecule has 1 aromatic rings. The van der Waals surface area contributed by atoms with Gasteiger partial charge in [0.2, 0.25) is 11.7 Å². The molecule has 1 amide bonds. The molecule has 21 heavy (non-hydrogen) atoms. The fourth-order valence-electron chi connectivity index (χ4n) is 2.33. The molecular formula is C15H20N3O2S+. The molecule has 112 valence electrons. The Morgan fingerprint density at radius 3 is 2.48 bits per heavy atom. The number of hydrogen-bond acceptors (Lipinski definition) is 3. The van der Waals surface area contributed by atoms with Crippen LogP contribution in [0.5, 0.6) is 0 Å². The first-order chi connectivity index (χ1) is 9.99. The number of rotatable bonds is 3. The molecule has 0 unspecified atom stereocenters. The maximum atomic E-state index is 12.6. The molecule has 1 heterocycles. The highest BCUT2D eigenvalue weighted by Gasteiger charge is 2.25. The number of thiocarbonyl (C=S) groups is 1. The molecule has 0 atom stereocenters. The first kappa shape index (κ1) is 15.6. The molecule has 2 rings (SSSR count). The first-order valence-corrected chi connectivity index (χ1v) is 7.41. The standard InChI is InChI=1S/C15H19N3O2S/c1-11(19)16-13-6-4-3-5-12(13)14(20)15(21)18-9-7-17(2)8-10-18/h3-6H,7-10H2,1-2H3,(H,16,19)/p+1. The molecule has 1 fully saturated rings. The van der Waals surface area contributed by atoms with E-state index >= 15 is 0 Å². The molecule has 0 aromatic heterocycles. The van der Waals surface area contributed by atoms with Crippen molar-refractivity contribution in [1.82, 2.24) is 4.90 Å². The summed E-state index contributed by atoms with van der Waals surface area (Å²) in [5.41, 5.74) is 0.959. The Balaban J connectivity index is 2.16. The molecule has 5 nitrogen and oxygen atoms in total. The van der Waals surface area contributed by atoms with Crippen LogP contribution in [0, 0.1) is 0 Å². The average Bonchev–Trinajstić information content (AvgIpc) is 2.46. The molecule has 1 aromatic carbocycles. The van der Waals surface area contributed by atoms with Crippen molar-refractivity contribution in [2.45, 2.75) is 6.92 Å². The van der Waals surface area contributed by atoms with Crippen LogP contribution in [0.4, 0.5) is 5.69 Å². The van der Waals surface area contributed by atoms with Gasteiger partial charge in [-0.1, -0.05) is 24.4 Å². The second-order valence-corrected chi connectivity index (χ2v) is 5.69. The highest BCUT2D eigenvalue weighted by molar-refractivity contribution is 7.82. The van der Waals surface area contributed by atoms with Crippen LogP contribution in [0.25, 0.3) is 0 Å². The van der Waals surface area contributed by atoms with Crippen molar-refractivity contribution >= 4 is 34.6 Å². The monoisotopic (exact) mass is 306 g/mol. The third kappa shape index (κ3) is 3.86. The lowest BCUT2D eigenvalue weighted by molar-refractivity contribution is -0.883. The number of nitrogens with zero attached hydrogens (tertiary/aromatic N) is 1. The maximum Gasteiger partial charge on any atom is 0.222 e. The summed E-state index contributed by atoms with van der Waals surface area (Å²) in [6.45, 7) is 4.95. The lowest BCUT2D eigenvalue weighted by Crippen LogP contribution is -3.12. The Hall–Kier alpha value is -1.79. The van der Waals surface area contributed by atoms with E-state index in [1.807, 2.05) is 4.90 Å². The van der Waals surface area contributed by atoms with Crippen molar-refractivity contribution in [1.29, 1.82) is 0 Å². The number of ketones is 1. The van der Waals surface area contributed by atoms with E-state index in [2.05, 4.69) is 12.4 Å². The molecular weight excluding hydrogens is 286 g/mol. The van der Waals surface area contributed by atoms with Crippen LogP contribution in [0.2, 0.25) is 0 Å². The second-order valence-electron chi connectivity index (χ2n) is 5.31. The van der Waals surface area contributed by atoms with E-state index in [1.54, 1.807) is 24.3 Å². The highest BCUT2D eigenvalue weighted by Crippen LogP contribution is 2.17. The number of quaternary nitrogens is 1. The van der Waals surface area contributed by atoms with Crippen molar-refractivity contribution in [3.8, 4) is 0 Å².